The highest BCUT2D eigenvalue weighted by Crippen LogP contribution is 2.17. The van der Waals surface area contributed by atoms with Crippen molar-refractivity contribution >= 4 is 18.4 Å². The Morgan fingerprint density at radius 1 is 0.875 bits per heavy atom. The van der Waals surface area contributed by atoms with Crippen LogP contribution in [0, 0.1) is 10.4 Å². The lowest BCUT2D eigenvalue weighted by Crippen LogP contribution is -2.19. The summed E-state index contributed by atoms with van der Waals surface area (Å²) in [7, 11) is 0. The fourth-order valence-corrected chi connectivity index (χ4v) is 3.63. The van der Waals surface area contributed by atoms with Gasteiger partial charge in [-0.2, -0.15) is 0 Å². The van der Waals surface area contributed by atoms with Gasteiger partial charge in [-0.05, 0) is 63.8 Å². The Morgan fingerprint density at radius 3 is 2.62 bits per heavy atom. The maximum atomic E-state index is 4.69. The van der Waals surface area contributed by atoms with E-state index >= 15 is 0 Å². The molecular weight excluding hydrogens is 294 g/mol. The van der Waals surface area contributed by atoms with E-state index < -0.39 is 0 Å². The smallest absolute Gasteiger partial charge is 0.178 e. The first-order chi connectivity index (χ1) is 11.9. The molecule has 0 N–H and O–H groups in total. The van der Waals surface area contributed by atoms with Crippen LogP contribution in [0.3, 0.4) is 0 Å². The van der Waals surface area contributed by atoms with E-state index in [0.29, 0.717) is 6.73 Å². The lowest BCUT2D eigenvalue weighted by molar-refractivity contribution is 0.259. The third-order valence-corrected chi connectivity index (χ3v) is 4.75. The lowest BCUT2D eigenvalue weighted by Gasteiger charge is -2.16. The minimum Gasteiger partial charge on any atom is -0.479 e. The van der Waals surface area contributed by atoms with Crippen molar-refractivity contribution in [1.29, 1.82) is 0 Å². The Labute approximate surface area is 141 Å². The molecule has 0 saturated carbocycles. The molecule has 24 heavy (non-hydrogen) atoms. The van der Waals surface area contributed by atoms with Gasteiger partial charge >= 0.3 is 0 Å². The first-order valence-corrected chi connectivity index (χ1v) is 8.60. The molecule has 0 aromatic heterocycles. The molecule has 0 fully saturated rings. The third-order valence-electron chi connectivity index (χ3n) is 4.75. The molecule has 0 saturated heterocycles. The lowest BCUT2D eigenvalue weighted by atomic mass is 9.89. The molecule has 1 aliphatic heterocycles. The molecule has 0 radical (unpaired) electrons. The Morgan fingerprint density at radius 2 is 1.83 bits per heavy atom. The SMILES string of the molecule is C1=COCN=C1.C1=c2ccc3c(c2CCC1)CC=c1ccccc1=3. The Kier molecular flexibility index (Phi) is 4.28. The highest BCUT2D eigenvalue weighted by atomic mass is 16.5. The Balaban J connectivity index is 0.000000207. The molecule has 2 aromatic rings. The fraction of sp³-hybridized carbons (Fsp3) is 0.227. The van der Waals surface area contributed by atoms with Crippen molar-refractivity contribution < 1.29 is 4.74 Å². The topological polar surface area (TPSA) is 21.6 Å². The van der Waals surface area contributed by atoms with Crippen LogP contribution in [0.5, 0.6) is 0 Å². The maximum absolute atomic E-state index is 4.69. The zero-order chi connectivity index (χ0) is 16.2. The molecule has 2 aliphatic carbocycles. The molecule has 0 spiro atoms. The standard InChI is InChI=1S/C18H16.C4H5NO/c1-3-7-15-13(5-1)9-11-18-16-8-4-2-6-14(16)10-12-17(15)18;1-2-5-4-6-3-1/h1,3,5-7,9-10,12H,2,4,8,11H2;1-3H,4H2. The van der Waals surface area contributed by atoms with Gasteiger partial charge in [-0.1, -0.05) is 48.6 Å². The molecule has 0 bridgehead atoms. The predicted molar refractivity (Wildman–Crippen MR) is 99.0 cm³/mol. The molecule has 2 nitrogen and oxygen atoms in total. The average molecular weight is 315 g/mol. The molecule has 3 aliphatic rings. The molecule has 5 rings (SSSR count). The summed E-state index contributed by atoms with van der Waals surface area (Å²) < 4.78 is 4.69. The summed E-state index contributed by atoms with van der Waals surface area (Å²) in [5, 5.41) is 5.74. The molecular formula is C22H21NO. The maximum Gasteiger partial charge on any atom is 0.178 e. The molecule has 1 heterocycles. The second kappa shape index (κ2) is 6.88. The van der Waals surface area contributed by atoms with E-state index in [4.69, 9.17) is 4.74 Å². The first kappa shape index (κ1) is 14.9. The van der Waals surface area contributed by atoms with E-state index in [1.165, 1.54) is 40.1 Å². The molecule has 2 heteroatoms. The number of ether oxygens (including phenoxy) is 1. The van der Waals surface area contributed by atoms with Gasteiger partial charge in [0.05, 0.1) is 6.26 Å². The second-order valence-corrected chi connectivity index (χ2v) is 6.21. The number of aliphatic imine (C=N–C) groups is 1. The van der Waals surface area contributed by atoms with Crippen LogP contribution in [0.1, 0.15) is 24.0 Å². The summed E-state index contributed by atoms with van der Waals surface area (Å²) in [4.78, 5) is 3.74. The second-order valence-electron chi connectivity index (χ2n) is 6.21. The molecule has 120 valence electrons. The molecule has 0 atom stereocenters. The van der Waals surface area contributed by atoms with E-state index in [9.17, 15) is 0 Å². The van der Waals surface area contributed by atoms with E-state index in [1.54, 1.807) is 29.7 Å². The van der Waals surface area contributed by atoms with Gasteiger partial charge in [-0.3, -0.25) is 4.99 Å². The van der Waals surface area contributed by atoms with Crippen LogP contribution in [-0.4, -0.2) is 12.9 Å². The van der Waals surface area contributed by atoms with Crippen molar-refractivity contribution in [3.8, 4) is 0 Å². The van der Waals surface area contributed by atoms with Crippen molar-refractivity contribution in [1.82, 2.24) is 0 Å². The van der Waals surface area contributed by atoms with Crippen LogP contribution < -0.4 is 10.4 Å². The summed E-state index contributed by atoms with van der Waals surface area (Å²) in [5.41, 5.74) is 3.17. The number of benzene rings is 2. The number of fused-ring (bicyclic) bond motifs is 4. The van der Waals surface area contributed by atoms with Crippen molar-refractivity contribution in [3.63, 3.8) is 0 Å². The average Bonchev–Trinajstić information content (AvgIpc) is 2.69. The summed E-state index contributed by atoms with van der Waals surface area (Å²) in [5.74, 6) is 0. The van der Waals surface area contributed by atoms with Gasteiger partial charge < -0.3 is 4.74 Å². The number of rotatable bonds is 0. The van der Waals surface area contributed by atoms with Gasteiger partial charge in [0.1, 0.15) is 0 Å². The number of hydrogen-bond donors (Lipinski definition) is 0. The van der Waals surface area contributed by atoms with Gasteiger partial charge in [0.25, 0.3) is 0 Å². The van der Waals surface area contributed by atoms with Crippen LogP contribution in [-0.2, 0) is 17.6 Å². The van der Waals surface area contributed by atoms with Crippen molar-refractivity contribution in [2.45, 2.75) is 25.7 Å². The van der Waals surface area contributed by atoms with Crippen LogP contribution in [0.15, 0.2) is 53.7 Å². The normalized spacial score (nSPS) is 16.2. The highest BCUT2D eigenvalue weighted by Gasteiger charge is 2.10. The van der Waals surface area contributed by atoms with Gasteiger partial charge in [0.2, 0.25) is 0 Å². The Bertz CT molecular complexity index is 1000. The van der Waals surface area contributed by atoms with E-state index in [-0.39, 0.29) is 0 Å². The molecule has 2 aromatic carbocycles. The van der Waals surface area contributed by atoms with Gasteiger partial charge in [-0.25, -0.2) is 0 Å². The summed E-state index contributed by atoms with van der Waals surface area (Å²) >= 11 is 0. The summed E-state index contributed by atoms with van der Waals surface area (Å²) in [6.07, 6.45) is 14.8. The summed E-state index contributed by atoms with van der Waals surface area (Å²) in [6, 6.07) is 13.4. The zero-order valence-electron chi connectivity index (χ0n) is 13.7. The highest BCUT2D eigenvalue weighted by molar-refractivity contribution is 5.70. The van der Waals surface area contributed by atoms with Crippen LogP contribution >= 0.6 is 0 Å². The van der Waals surface area contributed by atoms with Crippen molar-refractivity contribution in [2.75, 3.05) is 6.73 Å². The number of hydrogen-bond acceptors (Lipinski definition) is 2. The van der Waals surface area contributed by atoms with Gasteiger partial charge in [0, 0.05) is 6.21 Å². The minimum absolute atomic E-state index is 0.483. The van der Waals surface area contributed by atoms with E-state index in [2.05, 4.69) is 53.5 Å². The number of allylic oxidation sites excluding steroid dienone is 1. The largest absolute Gasteiger partial charge is 0.479 e. The first-order valence-electron chi connectivity index (χ1n) is 8.60. The van der Waals surface area contributed by atoms with Gasteiger partial charge in [-0.15, -0.1) is 0 Å². The van der Waals surface area contributed by atoms with Crippen molar-refractivity contribution in [3.05, 3.63) is 80.7 Å². The Hall–Kier alpha value is -2.61. The quantitative estimate of drug-likeness (QED) is 0.732. The van der Waals surface area contributed by atoms with Crippen LogP contribution in [0.25, 0.3) is 12.2 Å². The monoisotopic (exact) mass is 315 g/mol. The molecule has 0 unspecified atom stereocenters. The van der Waals surface area contributed by atoms with Crippen molar-refractivity contribution in [2.24, 2.45) is 4.99 Å². The van der Waals surface area contributed by atoms with Gasteiger partial charge in [0.15, 0.2) is 6.73 Å². The van der Waals surface area contributed by atoms with Crippen LogP contribution in [0.4, 0.5) is 0 Å². The van der Waals surface area contributed by atoms with E-state index in [1.807, 2.05) is 0 Å². The fourth-order valence-electron chi connectivity index (χ4n) is 3.63. The zero-order valence-corrected chi connectivity index (χ0v) is 13.7. The van der Waals surface area contributed by atoms with Crippen LogP contribution in [0.2, 0.25) is 0 Å². The predicted octanol–water partition coefficient (Wildman–Crippen LogP) is 2.99. The third kappa shape index (κ3) is 2.92. The molecule has 0 amide bonds. The number of nitrogens with zero attached hydrogens (tertiary/aromatic N) is 1. The summed E-state index contributed by atoms with van der Waals surface area (Å²) in [6.45, 7) is 0.483. The van der Waals surface area contributed by atoms with E-state index in [0.717, 1.165) is 6.42 Å². The minimum atomic E-state index is 0.483.